The Hall–Kier alpha value is -1.18. The smallest absolute Gasteiger partial charge is 0.103 e. The topological polar surface area (TPSA) is 15.3 Å². The lowest BCUT2D eigenvalue weighted by Crippen LogP contribution is -2.34. The zero-order valence-corrected chi connectivity index (χ0v) is 7.09. The van der Waals surface area contributed by atoms with Gasteiger partial charge >= 0.3 is 0 Å². The molecule has 0 amide bonds. The summed E-state index contributed by atoms with van der Waals surface area (Å²) in [6.07, 6.45) is 3.93. The van der Waals surface area contributed by atoms with Gasteiger partial charge in [0, 0.05) is 17.9 Å². The highest BCUT2D eigenvalue weighted by Crippen LogP contribution is 2.12. The minimum absolute atomic E-state index is 0.444. The summed E-state index contributed by atoms with van der Waals surface area (Å²) >= 11 is 0. The second-order valence-electron chi connectivity index (χ2n) is 2.91. The molecule has 0 bridgehead atoms. The van der Waals surface area contributed by atoms with E-state index in [0.717, 1.165) is 11.5 Å². The molecule has 2 heteroatoms. The van der Waals surface area contributed by atoms with E-state index in [1.54, 1.807) is 0 Å². The van der Waals surface area contributed by atoms with Gasteiger partial charge in [-0.25, -0.2) is 0 Å². The molecule has 0 saturated heterocycles. The standard InChI is InChI=1S/C9H14N2/c1-7(2)11-6-5-8(3)10-9(11)4/h5-7,10H,3-4H2,1-2H3. The van der Waals surface area contributed by atoms with Gasteiger partial charge in [0.25, 0.3) is 0 Å². The maximum Gasteiger partial charge on any atom is 0.103 e. The molecule has 60 valence electrons. The van der Waals surface area contributed by atoms with Crippen LogP contribution in [0.4, 0.5) is 0 Å². The third kappa shape index (κ3) is 1.64. The van der Waals surface area contributed by atoms with Crippen LogP contribution in [0.25, 0.3) is 0 Å². The first-order valence-corrected chi connectivity index (χ1v) is 3.72. The maximum absolute atomic E-state index is 3.87. The molecule has 0 atom stereocenters. The molecule has 1 rings (SSSR count). The average Bonchev–Trinajstić information content (AvgIpc) is 1.85. The third-order valence-electron chi connectivity index (χ3n) is 1.61. The van der Waals surface area contributed by atoms with Gasteiger partial charge in [-0.05, 0) is 19.9 Å². The number of allylic oxidation sites excluding steroid dienone is 1. The Morgan fingerprint density at radius 1 is 1.45 bits per heavy atom. The molecule has 0 radical (unpaired) electrons. The fourth-order valence-corrected chi connectivity index (χ4v) is 1.04. The van der Waals surface area contributed by atoms with E-state index in [-0.39, 0.29) is 0 Å². The maximum atomic E-state index is 3.87. The fourth-order valence-electron chi connectivity index (χ4n) is 1.04. The highest BCUT2D eigenvalue weighted by molar-refractivity contribution is 5.23. The lowest BCUT2D eigenvalue weighted by atomic mass is 10.3. The van der Waals surface area contributed by atoms with Crippen molar-refractivity contribution in [3.05, 3.63) is 37.0 Å². The molecule has 2 nitrogen and oxygen atoms in total. The molecule has 1 heterocycles. The van der Waals surface area contributed by atoms with Crippen LogP contribution < -0.4 is 5.32 Å². The van der Waals surface area contributed by atoms with Crippen LogP contribution in [0.3, 0.4) is 0 Å². The summed E-state index contributed by atoms with van der Waals surface area (Å²) in [6.45, 7) is 11.9. The predicted molar refractivity (Wildman–Crippen MR) is 47.5 cm³/mol. The lowest BCUT2D eigenvalue weighted by Gasteiger charge is -2.30. The number of nitrogens with zero attached hydrogens (tertiary/aromatic N) is 1. The molecule has 0 unspecified atom stereocenters. The molecule has 0 aliphatic carbocycles. The van der Waals surface area contributed by atoms with Crippen molar-refractivity contribution in [2.24, 2.45) is 0 Å². The largest absolute Gasteiger partial charge is 0.343 e. The Labute approximate surface area is 67.9 Å². The van der Waals surface area contributed by atoms with Gasteiger partial charge in [-0.2, -0.15) is 0 Å². The van der Waals surface area contributed by atoms with E-state index in [4.69, 9.17) is 0 Å². The minimum atomic E-state index is 0.444. The van der Waals surface area contributed by atoms with Crippen LogP contribution in [0.15, 0.2) is 37.0 Å². The molecule has 0 aromatic rings. The zero-order chi connectivity index (χ0) is 8.43. The number of rotatable bonds is 1. The first-order chi connectivity index (χ1) is 5.11. The summed E-state index contributed by atoms with van der Waals surface area (Å²) in [7, 11) is 0. The van der Waals surface area contributed by atoms with E-state index in [1.807, 2.05) is 12.3 Å². The summed E-state index contributed by atoms with van der Waals surface area (Å²) in [5, 5.41) is 3.06. The molecule has 11 heavy (non-hydrogen) atoms. The van der Waals surface area contributed by atoms with Gasteiger partial charge in [0.2, 0.25) is 0 Å². The van der Waals surface area contributed by atoms with Gasteiger partial charge < -0.3 is 10.2 Å². The Kier molecular flexibility index (Phi) is 2.03. The first-order valence-electron chi connectivity index (χ1n) is 3.72. The van der Waals surface area contributed by atoms with Crippen LogP contribution in [0, 0.1) is 0 Å². The van der Waals surface area contributed by atoms with Crippen LogP contribution in [0.2, 0.25) is 0 Å². The van der Waals surface area contributed by atoms with Gasteiger partial charge in [0.05, 0.1) is 0 Å². The molecule has 0 aromatic heterocycles. The second-order valence-corrected chi connectivity index (χ2v) is 2.91. The summed E-state index contributed by atoms with van der Waals surface area (Å²) < 4.78 is 0. The third-order valence-corrected chi connectivity index (χ3v) is 1.61. The van der Waals surface area contributed by atoms with Gasteiger partial charge in [0.1, 0.15) is 5.82 Å². The zero-order valence-electron chi connectivity index (χ0n) is 7.09. The summed E-state index contributed by atoms with van der Waals surface area (Å²) in [4.78, 5) is 2.06. The van der Waals surface area contributed by atoms with Crippen molar-refractivity contribution in [1.82, 2.24) is 10.2 Å². The molecule has 0 spiro atoms. The van der Waals surface area contributed by atoms with Crippen LogP contribution in [0.1, 0.15) is 13.8 Å². The van der Waals surface area contributed by atoms with Crippen molar-refractivity contribution in [1.29, 1.82) is 0 Å². The van der Waals surface area contributed by atoms with E-state index in [1.165, 1.54) is 0 Å². The van der Waals surface area contributed by atoms with Gasteiger partial charge in [-0.1, -0.05) is 13.2 Å². The number of hydrogen-bond donors (Lipinski definition) is 1. The van der Waals surface area contributed by atoms with Crippen molar-refractivity contribution in [2.45, 2.75) is 19.9 Å². The summed E-state index contributed by atoms with van der Waals surface area (Å²) in [5.74, 6) is 0.896. The Balaban J connectivity index is 2.76. The van der Waals surface area contributed by atoms with Crippen molar-refractivity contribution < 1.29 is 0 Å². The SMILES string of the molecule is C=C1C=CN(C(C)C)C(=C)N1. The molecule has 1 aliphatic rings. The van der Waals surface area contributed by atoms with Crippen LogP contribution in [0.5, 0.6) is 0 Å². The number of nitrogens with one attached hydrogen (secondary N) is 1. The van der Waals surface area contributed by atoms with Crippen LogP contribution >= 0.6 is 0 Å². The number of hydrogen-bond acceptors (Lipinski definition) is 2. The highest BCUT2D eigenvalue weighted by atomic mass is 15.3. The van der Waals surface area contributed by atoms with E-state index in [0.29, 0.717) is 6.04 Å². The molecule has 1 N–H and O–H groups in total. The van der Waals surface area contributed by atoms with Crippen molar-refractivity contribution in [2.75, 3.05) is 0 Å². The Morgan fingerprint density at radius 2 is 2.09 bits per heavy atom. The highest BCUT2D eigenvalue weighted by Gasteiger charge is 2.11. The first kappa shape index (κ1) is 7.92. The van der Waals surface area contributed by atoms with Crippen LogP contribution in [-0.2, 0) is 0 Å². The summed E-state index contributed by atoms with van der Waals surface area (Å²) in [5.41, 5.74) is 0.895. The van der Waals surface area contributed by atoms with E-state index < -0.39 is 0 Å². The van der Waals surface area contributed by atoms with E-state index >= 15 is 0 Å². The Bertz CT molecular complexity index is 214. The predicted octanol–water partition coefficient (Wildman–Crippen LogP) is 1.80. The van der Waals surface area contributed by atoms with Gasteiger partial charge in [-0.3, -0.25) is 0 Å². The fraction of sp³-hybridized carbons (Fsp3) is 0.333. The van der Waals surface area contributed by atoms with Crippen molar-refractivity contribution in [3.63, 3.8) is 0 Å². The Morgan fingerprint density at radius 3 is 2.55 bits per heavy atom. The molecule has 0 aromatic carbocycles. The quantitative estimate of drug-likeness (QED) is 0.613. The molecule has 1 aliphatic heterocycles. The van der Waals surface area contributed by atoms with Gasteiger partial charge in [-0.15, -0.1) is 0 Å². The lowest BCUT2D eigenvalue weighted by molar-refractivity contribution is 0.359. The minimum Gasteiger partial charge on any atom is -0.343 e. The van der Waals surface area contributed by atoms with Crippen molar-refractivity contribution >= 4 is 0 Å². The van der Waals surface area contributed by atoms with E-state index in [2.05, 4.69) is 37.2 Å². The monoisotopic (exact) mass is 150 g/mol. The molecular weight excluding hydrogens is 136 g/mol. The average molecular weight is 150 g/mol. The van der Waals surface area contributed by atoms with Gasteiger partial charge in [0.15, 0.2) is 0 Å². The van der Waals surface area contributed by atoms with Crippen LogP contribution in [-0.4, -0.2) is 10.9 Å². The normalized spacial score (nSPS) is 17.5. The molecular formula is C9H14N2. The molecule has 0 fully saturated rings. The summed E-state index contributed by atoms with van der Waals surface area (Å²) in [6, 6.07) is 0.444. The van der Waals surface area contributed by atoms with Crippen molar-refractivity contribution in [3.8, 4) is 0 Å². The molecule has 0 saturated carbocycles. The second kappa shape index (κ2) is 2.82. The van der Waals surface area contributed by atoms with E-state index in [9.17, 15) is 0 Å².